The predicted octanol–water partition coefficient (Wildman–Crippen LogP) is 4.59. The van der Waals surface area contributed by atoms with Crippen molar-refractivity contribution in [2.75, 3.05) is 18.0 Å². The molecule has 1 saturated heterocycles. The lowest BCUT2D eigenvalue weighted by atomic mass is 10.1. The number of rotatable bonds is 4. The van der Waals surface area contributed by atoms with Crippen molar-refractivity contribution in [2.24, 2.45) is 0 Å². The second-order valence-corrected chi connectivity index (χ2v) is 6.71. The topological polar surface area (TPSA) is 49.1 Å². The number of nitrogens with zero attached hydrogens (tertiary/aromatic N) is 3. The van der Waals surface area contributed by atoms with E-state index in [1.165, 1.54) is 23.9 Å². The molecule has 4 nitrogen and oxygen atoms in total. The van der Waals surface area contributed by atoms with E-state index < -0.39 is 0 Å². The summed E-state index contributed by atoms with van der Waals surface area (Å²) in [5, 5.41) is 10.4. The summed E-state index contributed by atoms with van der Waals surface area (Å²) in [4.78, 5) is 7.14. The van der Waals surface area contributed by atoms with Crippen molar-refractivity contribution in [3.05, 3.63) is 65.4 Å². The van der Waals surface area contributed by atoms with Gasteiger partial charge in [0.1, 0.15) is 12.4 Å². The highest BCUT2D eigenvalue weighted by molar-refractivity contribution is 5.93. The van der Waals surface area contributed by atoms with Gasteiger partial charge in [0.05, 0.1) is 17.1 Å². The van der Waals surface area contributed by atoms with Crippen LogP contribution in [0.1, 0.15) is 29.7 Å². The lowest BCUT2D eigenvalue weighted by molar-refractivity contribution is 0.306. The minimum absolute atomic E-state index is 0.375. The fourth-order valence-corrected chi connectivity index (χ4v) is 3.54. The molecule has 0 bridgehead atoms. The van der Waals surface area contributed by atoms with E-state index in [0.717, 1.165) is 35.6 Å². The zero-order chi connectivity index (χ0) is 17.9. The van der Waals surface area contributed by atoms with Gasteiger partial charge in [-0.15, -0.1) is 0 Å². The summed E-state index contributed by atoms with van der Waals surface area (Å²) in [5.74, 6) is 0.774. The number of aryl methyl sites for hydroxylation is 1. The third-order valence-electron chi connectivity index (χ3n) is 4.87. The van der Waals surface area contributed by atoms with E-state index in [4.69, 9.17) is 9.72 Å². The molecule has 2 heterocycles. The van der Waals surface area contributed by atoms with E-state index >= 15 is 0 Å². The molecule has 4 rings (SSSR count). The molecule has 0 unspecified atom stereocenters. The molecule has 4 heteroatoms. The quantitative estimate of drug-likeness (QED) is 0.695. The minimum atomic E-state index is 0.375. The van der Waals surface area contributed by atoms with Crippen LogP contribution < -0.4 is 9.64 Å². The highest BCUT2D eigenvalue weighted by Crippen LogP contribution is 2.31. The fourth-order valence-electron chi connectivity index (χ4n) is 3.54. The maximum absolute atomic E-state index is 9.20. The Balaban J connectivity index is 1.62. The molecule has 1 aliphatic heterocycles. The molecular weight excluding hydrogens is 322 g/mol. The van der Waals surface area contributed by atoms with Crippen molar-refractivity contribution in [1.82, 2.24) is 4.98 Å². The molecule has 0 radical (unpaired) electrons. The van der Waals surface area contributed by atoms with Gasteiger partial charge in [-0.3, -0.25) is 4.98 Å². The third-order valence-corrected chi connectivity index (χ3v) is 4.87. The van der Waals surface area contributed by atoms with Gasteiger partial charge in [0.25, 0.3) is 0 Å². The van der Waals surface area contributed by atoms with E-state index in [-0.39, 0.29) is 0 Å². The Labute approximate surface area is 153 Å². The van der Waals surface area contributed by atoms with Crippen LogP contribution >= 0.6 is 0 Å². The first-order chi connectivity index (χ1) is 12.7. The standard InChI is InChI=1S/C22H21N3O/c1-16-12-22(25-10-4-5-11-25)20-9-8-19(13-21(20)24-16)26-15-18-7-3-2-6-17(18)14-23/h2-3,6-9,12-13H,4-5,10-11,15H2,1H3. The van der Waals surface area contributed by atoms with Crippen LogP contribution in [0.15, 0.2) is 48.5 Å². The van der Waals surface area contributed by atoms with E-state index in [2.05, 4.69) is 23.1 Å². The molecular formula is C22H21N3O. The largest absolute Gasteiger partial charge is 0.489 e. The van der Waals surface area contributed by atoms with Gasteiger partial charge in [0.15, 0.2) is 0 Å². The Morgan fingerprint density at radius 3 is 2.73 bits per heavy atom. The lowest BCUT2D eigenvalue weighted by Gasteiger charge is -2.20. The van der Waals surface area contributed by atoms with Crippen molar-refractivity contribution in [1.29, 1.82) is 5.26 Å². The van der Waals surface area contributed by atoms with Gasteiger partial charge in [-0.25, -0.2) is 0 Å². The monoisotopic (exact) mass is 343 g/mol. The summed E-state index contributed by atoms with van der Waals surface area (Å²) in [7, 11) is 0. The SMILES string of the molecule is Cc1cc(N2CCCC2)c2ccc(OCc3ccccc3C#N)cc2n1. The van der Waals surface area contributed by atoms with Crippen molar-refractivity contribution in [3.8, 4) is 11.8 Å². The Kier molecular flexibility index (Phi) is 4.45. The van der Waals surface area contributed by atoms with Crippen LogP contribution in [0.5, 0.6) is 5.75 Å². The molecule has 1 aliphatic rings. The van der Waals surface area contributed by atoms with Crippen molar-refractivity contribution >= 4 is 16.6 Å². The maximum Gasteiger partial charge on any atom is 0.122 e. The first kappa shape index (κ1) is 16.4. The molecule has 0 aliphatic carbocycles. The number of anilines is 1. The summed E-state index contributed by atoms with van der Waals surface area (Å²) in [6, 6.07) is 18.0. The number of benzene rings is 2. The number of aromatic nitrogens is 1. The highest BCUT2D eigenvalue weighted by Gasteiger charge is 2.16. The number of pyridine rings is 1. The van der Waals surface area contributed by atoms with Crippen molar-refractivity contribution in [2.45, 2.75) is 26.4 Å². The van der Waals surface area contributed by atoms with E-state index in [9.17, 15) is 5.26 Å². The molecule has 3 aromatic rings. The number of hydrogen-bond donors (Lipinski definition) is 0. The van der Waals surface area contributed by atoms with Gasteiger partial charge in [-0.2, -0.15) is 5.26 Å². The van der Waals surface area contributed by atoms with Crippen LogP contribution in [0, 0.1) is 18.3 Å². The third kappa shape index (κ3) is 3.21. The first-order valence-corrected chi connectivity index (χ1v) is 9.02. The average molecular weight is 343 g/mol. The lowest BCUT2D eigenvalue weighted by Crippen LogP contribution is -2.18. The molecule has 1 fully saturated rings. The van der Waals surface area contributed by atoms with Gasteiger partial charge >= 0.3 is 0 Å². The normalized spacial score (nSPS) is 13.8. The van der Waals surface area contributed by atoms with Gasteiger partial charge in [-0.1, -0.05) is 18.2 Å². The minimum Gasteiger partial charge on any atom is -0.489 e. The zero-order valence-corrected chi connectivity index (χ0v) is 14.9. The molecule has 26 heavy (non-hydrogen) atoms. The average Bonchev–Trinajstić information content (AvgIpc) is 3.20. The van der Waals surface area contributed by atoms with Gasteiger partial charge in [0.2, 0.25) is 0 Å². The van der Waals surface area contributed by atoms with Crippen LogP contribution in [0.4, 0.5) is 5.69 Å². The summed E-state index contributed by atoms with van der Waals surface area (Å²) in [6.07, 6.45) is 2.50. The fraction of sp³-hybridized carbons (Fsp3) is 0.273. The Morgan fingerprint density at radius 2 is 1.92 bits per heavy atom. The van der Waals surface area contributed by atoms with Crippen LogP contribution in [0.25, 0.3) is 10.9 Å². The van der Waals surface area contributed by atoms with Gasteiger partial charge in [0, 0.05) is 41.5 Å². The summed E-state index contributed by atoms with van der Waals surface area (Å²) >= 11 is 0. The Bertz CT molecular complexity index is 984. The van der Waals surface area contributed by atoms with Crippen molar-refractivity contribution in [3.63, 3.8) is 0 Å². The van der Waals surface area contributed by atoms with Crippen LogP contribution in [-0.4, -0.2) is 18.1 Å². The summed E-state index contributed by atoms with van der Waals surface area (Å²) in [5.41, 5.74) is 4.79. The number of nitriles is 1. The van der Waals surface area contributed by atoms with Gasteiger partial charge in [-0.05, 0) is 44.0 Å². The molecule has 0 N–H and O–H groups in total. The zero-order valence-electron chi connectivity index (χ0n) is 14.9. The molecule has 2 aromatic carbocycles. The maximum atomic E-state index is 9.20. The Morgan fingerprint density at radius 1 is 1.12 bits per heavy atom. The number of fused-ring (bicyclic) bond motifs is 1. The summed E-state index contributed by atoms with van der Waals surface area (Å²) in [6.45, 7) is 4.64. The first-order valence-electron chi connectivity index (χ1n) is 9.02. The predicted molar refractivity (Wildman–Crippen MR) is 103 cm³/mol. The molecule has 0 atom stereocenters. The van der Waals surface area contributed by atoms with Crippen LogP contribution in [-0.2, 0) is 6.61 Å². The second-order valence-electron chi connectivity index (χ2n) is 6.71. The van der Waals surface area contributed by atoms with Crippen molar-refractivity contribution < 1.29 is 4.74 Å². The molecule has 0 amide bonds. The summed E-state index contributed by atoms with van der Waals surface area (Å²) < 4.78 is 5.94. The van der Waals surface area contributed by atoms with Gasteiger partial charge < -0.3 is 9.64 Å². The Hall–Kier alpha value is -3.06. The molecule has 0 spiro atoms. The van der Waals surface area contributed by atoms with Crippen LogP contribution in [0.2, 0.25) is 0 Å². The molecule has 1 aromatic heterocycles. The van der Waals surface area contributed by atoms with Crippen LogP contribution in [0.3, 0.4) is 0 Å². The van der Waals surface area contributed by atoms with E-state index in [1.807, 2.05) is 43.3 Å². The van der Waals surface area contributed by atoms with E-state index in [0.29, 0.717) is 12.2 Å². The molecule has 0 saturated carbocycles. The second kappa shape index (κ2) is 7.05. The highest BCUT2D eigenvalue weighted by atomic mass is 16.5. The number of ether oxygens (including phenoxy) is 1. The smallest absolute Gasteiger partial charge is 0.122 e. The molecule has 130 valence electrons. The van der Waals surface area contributed by atoms with E-state index in [1.54, 1.807) is 0 Å². The number of hydrogen-bond acceptors (Lipinski definition) is 4.